The molecule has 0 atom stereocenters. The zero-order valence-corrected chi connectivity index (χ0v) is 27.7. The molecule has 1 N–H and O–H groups in total. The van der Waals surface area contributed by atoms with E-state index in [0.717, 1.165) is 83.8 Å². The Hall–Kier alpha value is -4.63. The van der Waals surface area contributed by atoms with Gasteiger partial charge in [0.25, 0.3) is 5.91 Å². The maximum Gasteiger partial charge on any atom is 0.405 e. The van der Waals surface area contributed by atoms with E-state index in [-0.39, 0.29) is 5.91 Å². The van der Waals surface area contributed by atoms with E-state index >= 15 is 0 Å². The topological polar surface area (TPSA) is 55.9 Å². The molecule has 1 aliphatic carbocycles. The summed E-state index contributed by atoms with van der Waals surface area (Å²) in [6.45, 7) is 6.18. The zero-order chi connectivity index (χ0) is 34.2. The molecule has 1 saturated heterocycles. The van der Waals surface area contributed by atoms with Gasteiger partial charge in [0, 0.05) is 50.5 Å². The third-order valence-electron chi connectivity index (χ3n) is 10.3. The molecule has 2 aliphatic heterocycles. The number of hydrogen-bond donors (Lipinski definition) is 1. The van der Waals surface area contributed by atoms with Crippen molar-refractivity contribution in [1.82, 2.24) is 15.1 Å². The molecular weight excluding hydrogens is 625 g/mol. The standard InChI is InChI=1S/C40H41F3N4O2/c1-28-9-8-10-29(23-28)25-47-26-30-15-16-31(24-34(30)37(47)48)46-21-19-45(20-22-46)18-7-6-17-39(38(49)44-27-40(41,42)43)35-13-4-2-11-32(35)33-12-3-5-14-36(33)39/h2-5,8-16,23-24H,6-7,17-22,25-27H2,1H3,(H,44,49). The normalized spacial score (nSPS) is 16.8. The van der Waals surface area contributed by atoms with Gasteiger partial charge in [-0.3, -0.25) is 14.5 Å². The molecule has 0 aromatic heterocycles. The second-order valence-electron chi connectivity index (χ2n) is 13.6. The van der Waals surface area contributed by atoms with Crippen LogP contribution in [0.25, 0.3) is 11.1 Å². The average Bonchev–Trinajstić information content (AvgIpc) is 3.57. The number of rotatable bonds is 10. The first-order valence-corrected chi connectivity index (χ1v) is 17.1. The van der Waals surface area contributed by atoms with Gasteiger partial charge < -0.3 is 15.1 Å². The molecule has 4 aromatic rings. The van der Waals surface area contributed by atoms with Gasteiger partial charge in [0.15, 0.2) is 0 Å². The van der Waals surface area contributed by atoms with E-state index in [9.17, 15) is 22.8 Å². The van der Waals surface area contributed by atoms with Crippen molar-refractivity contribution < 1.29 is 22.8 Å². The minimum Gasteiger partial charge on any atom is -0.369 e. The van der Waals surface area contributed by atoms with E-state index in [1.54, 1.807) is 0 Å². The summed E-state index contributed by atoms with van der Waals surface area (Å²) in [7, 11) is 0. The number of benzene rings is 4. The van der Waals surface area contributed by atoms with Gasteiger partial charge in [0.05, 0.1) is 0 Å². The number of piperazine rings is 1. The number of fused-ring (bicyclic) bond motifs is 4. The highest BCUT2D eigenvalue weighted by molar-refractivity contribution is 6.01. The predicted octanol–water partition coefficient (Wildman–Crippen LogP) is 7.09. The number of unbranched alkanes of at least 4 members (excludes halogenated alkanes) is 1. The molecule has 1 fully saturated rings. The predicted molar refractivity (Wildman–Crippen MR) is 185 cm³/mol. The first-order chi connectivity index (χ1) is 23.6. The van der Waals surface area contributed by atoms with Gasteiger partial charge in [-0.2, -0.15) is 13.2 Å². The second-order valence-corrected chi connectivity index (χ2v) is 13.6. The third kappa shape index (κ3) is 6.56. The maximum absolute atomic E-state index is 13.8. The number of alkyl halides is 3. The van der Waals surface area contributed by atoms with Crippen molar-refractivity contribution in [2.45, 2.75) is 50.9 Å². The molecule has 6 nitrogen and oxygen atoms in total. The fraction of sp³-hybridized carbons (Fsp3) is 0.350. The fourth-order valence-electron chi connectivity index (χ4n) is 7.94. The average molecular weight is 667 g/mol. The Morgan fingerprint density at radius 1 is 0.816 bits per heavy atom. The molecule has 254 valence electrons. The van der Waals surface area contributed by atoms with Gasteiger partial charge >= 0.3 is 6.18 Å². The Labute approximate surface area is 285 Å². The minimum atomic E-state index is -4.49. The molecule has 0 spiro atoms. The van der Waals surface area contributed by atoms with Crippen molar-refractivity contribution in [1.29, 1.82) is 0 Å². The summed E-state index contributed by atoms with van der Waals surface area (Å²) < 4.78 is 39.6. The third-order valence-corrected chi connectivity index (χ3v) is 10.3. The Morgan fingerprint density at radius 3 is 2.18 bits per heavy atom. The summed E-state index contributed by atoms with van der Waals surface area (Å²) in [5, 5.41) is 2.23. The highest BCUT2D eigenvalue weighted by Gasteiger charge is 2.49. The molecule has 0 saturated carbocycles. The van der Waals surface area contributed by atoms with Crippen LogP contribution < -0.4 is 10.2 Å². The van der Waals surface area contributed by atoms with E-state index < -0.39 is 24.0 Å². The van der Waals surface area contributed by atoms with Gasteiger partial charge in [-0.25, -0.2) is 0 Å². The van der Waals surface area contributed by atoms with Crippen LogP contribution in [0.1, 0.15) is 57.4 Å². The van der Waals surface area contributed by atoms with Crippen LogP contribution in [0.15, 0.2) is 91.0 Å². The number of carbonyl (C=O) groups excluding carboxylic acids is 2. The van der Waals surface area contributed by atoms with Crippen LogP contribution in [-0.4, -0.2) is 67.1 Å². The van der Waals surface area contributed by atoms with Gasteiger partial charge in [-0.05, 0) is 71.8 Å². The van der Waals surface area contributed by atoms with Crippen LogP contribution in [0.4, 0.5) is 18.9 Å². The number of nitrogens with one attached hydrogen (secondary N) is 1. The van der Waals surface area contributed by atoms with Crippen LogP contribution in [0.2, 0.25) is 0 Å². The van der Waals surface area contributed by atoms with Crippen molar-refractivity contribution in [3.63, 3.8) is 0 Å². The van der Waals surface area contributed by atoms with Crippen LogP contribution in [-0.2, 0) is 23.3 Å². The number of hydrogen-bond acceptors (Lipinski definition) is 4. The molecular formula is C40H41F3N4O2. The Kier molecular flexibility index (Phi) is 8.96. The number of anilines is 1. The zero-order valence-electron chi connectivity index (χ0n) is 27.7. The molecule has 0 bridgehead atoms. The number of halogens is 3. The van der Waals surface area contributed by atoms with Crippen molar-refractivity contribution in [2.24, 2.45) is 0 Å². The molecule has 7 rings (SSSR count). The highest BCUT2D eigenvalue weighted by atomic mass is 19.4. The van der Waals surface area contributed by atoms with Crippen LogP contribution in [0.5, 0.6) is 0 Å². The van der Waals surface area contributed by atoms with E-state index in [4.69, 9.17) is 0 Å². The lowest BCUT2D eigenvalue weighted by molar-refractivity contribution is -0.141. The number of carbonyl (C=O) groups is 2. The molecule has 3 aliphatic rings. The van der Waals surface area contributed by atoms with E-state index in [2.05, 4.69) is 52.4 Å². The summed E-state index contributed by atoms with van der Waals surface area (Å²) in [5.74, 6) is -0.517. The number of aryl methyl sites for hydroxylation is 1. The number of amides is 2. The van der Waals surface area contributed by atoms with Crippen molar-refractivity contribution >= 4 is 17.5 Å². The molecule has 9 heteroatoms. The van der Waals surface area contributed by atoms with E-state index in [1.165, 1.54) is 5.56 Å². The van der Waals surface area contributed by atoms with Crippen LogP contribution >= 0.6 is 0 Å². The maximum atomic E-state index is 13.8. The van der Waals surface area contributed by atoms with E-state index in [0.29, 0.717) is 25.9 Å². The Balaban J connectivity index is 0.962. The van der Waals surface area contributed by atoms with Crippen LogP contribution in [0.3, 0.4) is 0 Å². The van der Waals surface area contributed by atoms with Gasteiger partial charge in [0.1, 0.15) is 12.0 Å². The largest absolute Gasteiger partial charge is 0.405 e. The summed E-state index contributed by atoms with van der Waals surface area (Å²) in [6, 6.07) is 29.7. The molecule has 4 aromatic carbocycles. The van der Waals surface area contributed by atoms with Crippen LogP contribution in [0, 0.1) is 6.92 Å². The van der Waals surface area contributed by atoms with Gasteiger partial charge in [0.2, 0.25) is 5.91 Å². The first kappa shape index (κ1) is 32.9. The summed E-state index contributed by atoms with van der Waals surface area (Å²) >= 11 is 0. The van der Waals surface area contributed by atoms with Crippen molar-refractivity contribution in [2.75, 3.05) is 44.2 Å². The number of nitrogens with zero attached hydrogens (tertiary/aromatic N) is 3. The quantitative estimate of drug-likeness (QED) is 0.184. The highest BCUT2D eigenvalue weighted by Crippen LogP contribution is 2.51. The monoisotopic (exact) mass is 666 g/mol. The minimum absolute atomic E-state index is 0.0781. The second kappa shape index (κ2) is 13.3. The van der Waals surface area contributed by atoms with Gasteiger partial charge in [-0.1, -0.05) is 90.8 Å². The van der Waals surface area contributed by atoms with Crippen molar-refractivity contribution in [3.05, 3.63) is 124 Å². The summed E-state index contributed by atoms with van der Waals surface area (Å²) in [6.07, 6.45) is -2.56. The van der Waals surface area contributed by atoms with E-state index in [1.807, 2.05) is 65.6 Å². The summed E-state index contributed by atoms with van der Waals surface area (Å²) in [5.41, 5.74) is 7.43. The molecule has 2 heterocycles. The SMILES string of the molecule is Cc1cccc(CN2Cc3ccc(N4CCN(CCCCC5(C(=O)NCC(F)(F)F)c6ccccc6-c6ccccc65)CC4)cc3C2=O)c1. The summed E-state index contributed by atoms with van der Waals surface area (Å²) in [4.78, 5) is 33.7. The Morgan fingerprint density at radius 2 is 1.51 bits per heavy atom. The van der Waals surface area contributed by atoms with Crippen molar-refractivity contribution in [3.8, 4) is 11.1 Å². The smallest absolute Gasteiger partial charge is 0.369 e. The van der Waals surface area contributed by atoms with Gasteiger partial charge in [-0.15, -0.1) is 0 Å². The molecule has 0 unspecified atom stereocenters. The molecule has 2 amide bonds. The Bertz CT molecular complexity index is 1820. The molecule has 0 radical (unpaired) electrons. The molecule has 49 heavy (non-hydrogen) atoms. The fourth-order valence-corrected chi connectivity index (χ4v) is 7.94. The lowest BCUT2D eigenvalue weighted by atomic mass is 9.73. The lowest BCUT2D eigenvalue weighted by Crippen LogP contribution is -2.47. The first-order valence-electron chi connectivity index (χ1n) is 17.1. The lowest BCUT2D eigenvalue weighted by Gasteiger charge is -2.36.